The number of carbonyl (C=O) groups excluding carboxylic acids is 3. The maximum absolute atomic E-state index is 13.0. The number of ether oxygens (including phenoxy) is 2. The third-order valence-electron chi connectivity index (χ3n) is 5.69. The number of carbonyl (C=O) groups is 3. The van der Waals surface area contributed by atoms with Crippen LogP contribution in [0.25, 0.3) is 0 Å². The normalized spacial score (nSPS) is 17.0. The summed E-state index contributed by atoms with van der Waals surface area (Å²) in [6.07, 6.45) is 2.87. The maximum Gasteiger partial charge on any atom is 0.325 e. The molecule has 0 aliphatic carbocycles. The van der Waals surface area contributed by atoms with Crippen LogP contribution in [0, 0.1) is 0 Å². The Bertz CT molecular complexity index is 1180. The molecule has 4 rings (SSSR count). The molecule has 1 N–H and O–H groups in total. The largest absolute Gasteiger partial charge is 0.485 e. The van der Waals surface area contributed by atoms with Gasteiger partial charge in [0.25, 0.3) is 5.24 Å². The number of nitrogens with one attached hydrogen (secondary N) is 1. The van der Waals surface area contributed by atoms with Gasteiger partial charge >= 0.3 is 5.97 Å². The van der Waals surface area contributed by atoms with Gasteiger partial charge < -0.3 is 14.8 Å². The number of thioether (sulfide) groups is 1. The van der Waals surface area contributed by atoms with E-state index in [1.54, 1.807) is 24.4 Å². The first-order valence-electron chi connectivity index (χ1n) is 11.4. The van der Waals surface area contributed by atoms with Crippen molar-refractivity contribution in [2.45, 2.75) is 31.1 Å². The number of hydrogen-bond acceptors (Lipinski definition) is 7. The Morgan fingerprint density at radius 2 is 1.74 bits per heavy atom. The summed E-state index contributed by atoms with van der Waals surface area (Å²) in [6, 6.07) is 20.1. The average Bonchev–Trinajstić information content (AvgIpc) is 3.28. The zero-order valence-corrected chi connectivity index (χ0v) is 20.2. The van der Waals surface area contributed by atoms with Gasteiger partial charge in [-0.3, -0.25) is 19.4 Å². The molecule has 2 aromatic carbocycles. The number of rotatable bonds is 10. The zero-order chi connectivity index (χ0) is 24.7. The number of benzene rings is 2. The summed E-state index contributed by atoms with van der Waals surface area (Å²) in [5, 5.41) is 2.48. The molecule has 1 fully saturated rings. The van der Waals surface area contributed by atoms with E-state index in [4.69, 9.17) is 9.47 Å². The molecule has 1 aromatic heterocycles. The third-order valence-corrected chi connectivity index (χ3v) is 6.87. The second-order valence-electron chi connectivity index (χ2n) is 8.24. The van der Waals surface area contributed by atoms with Crippen LogP contribution in [-0.4, -0.2) is 39.9 Å². The van der Waals surface area contributed by atoms with E-state index in [1.807, 2.05) is 55.5 Å². The third kappa shape index (κ3) is 6.27. The Labute approximate surface area is 208 Å². The van der Waals surface area contributed by atoms with Gasteiger partial charge in [-0.1, -0.05) is 55.5 Å². The second kappa shape index (κ2) is 11.2. The van der Waals surface area contributed by atoms with E-state index in [1.165, 1.54) is 0 Å². The number of aromatic nitrogens is 1. The molecule has 2 heterocycles. The Morgan fingerprint density at radius 3 is 2.37 bits per heavy atom. The first kappa shape index (κ1) is 24.5. The molecule has 180 valence electrons. The summed E-state index contributed by atoms with van der Waals surface area (Å²) in [7, 11) is 0. The SMILES string of the molecule is CCc1ccc(C(=O)COc2ccc(C[C@@]3(C(=O)OCc4ccccc4)CNC(=O)S3)cc2)nc1. The Kier molecular flexibility index (Phi) is 7.82. The lowest BCUT2D eigenvalue weighted by Crippen LogP contribution is -2.42. The Hall–Kier alpha value is -3.65. The number of aryl methyl sites for hydroxylation is 1. The lowest BCUT2D eigenvalue weighted by atomic mass is 9.98. The number of amides is 1. The highest BCUT2D eigenvalue weighted by molar-refractivity contribution is 8.15. The summed E-state index contributed by atoms with van der Waals surface area (Å²) in [6.45, 7) is 2.25. The molecule has 35 heavy (non-hydrogen) atoms. The molecule has 8 heteroatoms. The van der Waals surface area contributed by atoms with Gasteiger partial charge in [0.1, 0.15) is 22.8 Å². The van der Waals surface area contributed by atoms with Crippen LogP contribution in [-0.2, 0) is 29.0 Å². The lowest BCUT2D eigenvalue weighted by molar-refractivity contribution is -0.147. The standard InChI is InChI=1S/C27H26N2O5S/c1-2-19-10-13-23(28-15-19)24(30)17-33-22-11-8-20(9-12-22)14-27(18-29-26(32)35-27)25(31)34-16-21-6-4-3-5-7-21/h3-13,15H,2,14,16-18H2,1H3,(H,29,32)/t27-/m0/s1. The predicted octanol–water partition coefficient (Wildman–Crippen LogP) is 4.39. The molecule has 1 amide bonds. The molecule has 0 saturated carbocycles. The minimum Gasteiger partial charge on any atom is -0.485 e. The van der Waals surface area contributed by atoms with Crippen LogP contribution in [0.5, 0.6) is 5.75 Å². The fourth-order valence-electron chi connectivity index (χ4n) is 3.66. The van der Waals surface area contributed by atoms with Gasteiger partial charge in [-0.05, 0) is 59.5 Å². The van der Waals surface area contributed by atoms with E-state index in [0.717, 1.165) is 34.9 Å². The highest BCUT2D eigenvalue weighted by atomic mass is 32.2. The molecule has 1 atom stereocenters. The van der Waals surface area contributed by atoms with Crippen LogP contribution in [0.15, 0.2) is 72.9 Å². The van der Waals surface area contributed by atoms with Crippen LogP contribution < -0.4 is 10.1 Å². The summed E-state index contributed by atoms with van der Waals surface area (Å²) in [5.41, 5.74) is 3.16. The van der Waals surface area contributed by atoms with Crippen molar-refractivity contribution in [3.8, 4) is 5.75 Å². The fraction of sp³-hybridized carbons (Fsp3) is 0.259. The van der Waals surface area contributed by atoms with Crippen LogP contribution in [0.3, 0.4) is 0 Å². The van der Waals surface area contributed by atoms with E-state index in [0.29, 0.717) is 17.9 Å². The van der Waals surface area contributed by atoms with Gasteiger partial charge in [-0.2, -0.15) is 0 Å². The van der Waals surface area contributed by atoms with E-state index >= 15 is 0 Å². The van der Waals surface area contributed by atoms with Crippen molar-refractivity contribution in [2.75, 3.05) is 13.2 Å². The van der Waals surface area contributed by atoms with E-state index < -0.39 is 10.7 Å². The number of hydrogen-bond donors (Lipinski definition) is 1. The van der Waals surface area contributed by atoms with Crippen molar-refractivity contribution in [3.05, 3.63) is 95.3 Å². The van der Waals surface area contributed by atoms with Gasteiger partial charge in [-0.25, -0.2) is 0 Å². The molecule has 0 bridgehead atoms. The van der Waals surface area contributed by atoms with E-state index in [2.05, 4.69) is 10.3 Å². The number of nitrogens with zero attached hydrogens (tertiary/aromatic N) is 1. The molecule has 1 aliphatic heterocycles. The molecular weight excluding hydrogens is 464 g/mol. The van der Waals surface area contributed by atoms with Crippen LogP contribution in [0.2, 0.25) is 0 Å². The van der Waals surface area contributed by atoms with Crippen molar-refractivity contribution in [2.24, 2.45) is 0 Å². The molecule has 1 saturated heterocycles. The summed E-state index contributed by atoms with van der Waals surface area (Å²) in [5.74, 6) is -0.109. The van der Waals surface area contributed by atoms with Crippen molar-refractivity contribution >= 4 is 28.8 Å². The fourth-order valence-corrected chi connectivity index (χ4v) is 4.68. The number of ketones is 1. The molecular formula is C27H26N2O5S. The first-order valence-corrected chi connectivity index (χ1v) is 12.2. The highest BCUT2D eigenvalue weighted by Gasteiger charge is 2.47. The van der Waals surface area contributed by atoms with Gasteiger partial charge in [-0.15, -0.1) is 0 Å². The number of esters is 1. The van der Waals surface area contributed by atoms with Crippen molar-refractivity contribution in [1.29, 1.82) is 0 Å². The van der Waals surface area contributed by atoms with Gasteiger partial charge in [0, 0.05) is 12.7 Å². The van der Waals surface area contributed by atoms with E-state index in [9.17, 15) is 14.4 Å². The molecule has 0 radical (unpaired) electrons. The maximum atomic E-state index is 13.0. The van der Waals surface area contributed by atoms with E-state index in [-0.39, 0.29) is 30.8 Å². The smallest absolute Gasteiger partial charge is 0.325 e. The van der Waals surface area contributed by atoms with Gasteiger partial charge in [0.2, 0.25) is 5.78 Å². The zero-order valence-electron chi connectivity index (χ0n) is 19.4. The molecule has 1 aliphatic rings. The van der Waals surface area contributed by atoms with Crippen molar-refractivity contribution in [1.82, 2.24) is 10.3 Å². The van der Waals surface area contributed by atoms with Crippen LogP contribution >= 0.6 is 11.8 Å². The van der Waals surface area contributed by atoms with Crippen LogP contribution in [0.4, 0.5) is 4.79 Å². The number of Topliss-reactive ketones (excluding diaryl/α,β-unsaturated/α-hetero) is 1. The minimum absolute atomic E-state index is 0.123. The highest BCUT2D eigenvalue weighted by Crippen LogP contribution is 2.36. The monoisotopic (exact) mass is 490 g/mol. The second-order valence-corrected chi connectivity index (χ2v) is 9.59. The Morgan fingerprint density at radius 1 is 1.00 bits per heavy atom. The van der Waals surface area contributed by atoms with Gasteiger partial charge in [0.05, 0.1) is 0 Å². The molecule has 0 spiro atoms. The number of pyridine rings is 1. The van der Waals surface area contributed by atoms with Crippen molar-refractivity contribution in [3.63, 3.8) is 0 Å². The molecule has 3 aromatic rings. The lowest BCUT2D eigenvalue weighted by Gasteiger charge is -2.24. The first-order chi connectivity index (χ1) is 17.0. The molecule has 7 nitrogen and oxygen atoms in total. The summed E-state index contributed by atoms with van der Waals surface area (Å²) >= 11 is 0.962. The predicted molar refractivity (Wildman–Crippen MR) is 134 cm³/mol. The minimum atomic E-state index is -1.04. The average molecular weight is 491 g/mol. The van der Waals surface area contributed by atoms with Gasteiger partial charge in [0.15, 0.2) is 6.61 Å². The summed E-state index contributed by atoms with van der Waals surface area (Å²) < 4.78 is 10.1. The topological polar surface area (TPSA) is 94.6 Å². The van der Waals surface area contributed by atoms with Crippen LogP contribution in [0.1, 0.15) is 34.1 Å². The Balaban J connectivity index is 1.36. The molecule has 0 unspecified atom stereocenters. The quantitative estimate of drug-likeness (QED) is 0.333. The summed E-state index contributed by atoms with van der Waals surface area (Å²) in [4.78, 5) is 41.5. The van der Waals surface area contributed by atoms with Crippen molar-refractivity contribution < 1.29 is 23.9 Å².